The maximum absolute atomic E-state index is 13.1. The van der Waals surface area contributed by atoms with Gasteiger partial charge < -0.3 is 33.8 Å². The van der Waals surface area contributed by atoms with Gasteiger partial charge >= 0.3 is 39.5 Å². The highest BCUT2D eigenvalue weighted by Gasteiger charge is 2.30. The first-order valence-electron chi connectivity index (χ1n) is 37.6. The van der Waals surface area contributed by atoms with Crippen molar-refractivity contribution in [2.24, 2.45) is 5.92 Å². The number of aliphatic hydroxyl groups is 1. The average molecular weight is 1340 g/mol. The van der Waals surface area contributed by atoms with Crippen molar-refractivity contribution in [3.63, 3.8) is 0 Å². The molecule has 5 atom stereocenters. The second kappa shape index (κ2) is 65.4. The number of unbranched alkanes of at least 4 members (excludes halogenated alkanes) is 44. The van der Waals surface area contributed by atoms with Crippen LogP contribution in [0, 0.1) is 5.92 Å². The lowest BCUT2D eigenvalue weighted by Gasteiger charge is -2.21. The molecule has 17 nitrogen and oxygen atoms in total. The first-order valence-corrected chi connectivity index (χ1v) is 40.6. The molecule has 0 saturated carbocycles. The van der Waals surface area contributed by atoms with Gasteiger partial charge in [0.05, 0.1) is 26.4 Å². The molecule has 0 aromatic carbocycles. The van der Waals surface area contributed by atoms with Crippen LogP contribution in [0.3, 0.4) is 0 Å². The Morgan fingerprint density at radius 2 is 0.505 bits per heavy atom. The van der Waals surface area contributed by atoms with Crippen molar-refractivity contribution in [3.8, 4) is 0 Å². The van der Waals surface area contributed by atoms with E-state index >= 15 is 0 Å². The van der Waals surface area contributed by atoms with Crippen molar-refractivity contribution in [2.75, 3.05) is 39.6 Å². The lowest BCUT2D eigenvalue weighted by Crippen LogP contribution is -2.30. The van der Waals surface area contributed by atoms with Crippen LogP contribution in [-0.2, 0) is 65.4 Å². The van der Waals surface area contributed by atoms with Crippen LogP contribution in [0.4, 0.5) is 0 Å². The van der Waals surface area contributed by atoms with Crippen LogP contribution in [-0.4, -0.2) is 96.7 Å². The van der Waals surface area contributed by atoms with Crippen LogP contribution in [0.15, 0.2) is 0 Å². The number of phosphoric ester groups is 2. The van der Waals surface area contributed by atoms with Gasteiger partial charge in [0.1, 0.15) is 19.3 Å². The Labute approximate surface area is 556 Å². The van der Waals surface area contributed by atoms with Gasteiger partial charge in [-0.25, -0.2) is 9.13 Å². The molecule has 0 fully saturated rings. The summed E-state index contributed by atoms with van der Waals surface area (Å²) in [5.41, 5.74) is 0. The summed E-state index contributed by atoms with van der Waals surface area (Å²) in [6.07, 6.45) is 53.0. The molecule has 0 aromatic rings. The Kier molecular flexibility index (Phi) is 64.0. The summed E-state index contributed by atoms with van der Waals surface area (Å²) < 4.78 is 68.1. The average Bonchev–Trinajstić information content (AvgIpc) is 3.38. The van der Waals surface area contributed by atoms with Crippen LogP contribution in [0.25, 0.3) is 0 Å². The zero-order valence-corrected chi connectivity index (χ0v) is 60.8. The summed E-state index contributed by atoms with van der Waals surface area (Å²) in [5, 5.41) is 10.6. The predicted molar refractivity (Wildman–Crippen MR) is 368 cm³/mol. The molecule has 0 amide bonds. The molecule has 0 saturated heterocycles. The fraction of sp³-hybridized carbons (Fsp3) is 0.944. The van der Waals surface area contributed by atoms with Crippen LogP contribution in [0.2, 0.25) is 0 Å². The van der Waals surface area contributed by atoms with E-state index in [9.17, 15) is 43.2 Å². The van der Waals surface area contributed by atoms with Gasteiger partial charge in [0.2, 0.25) is 0 Å². The molecule has 19 heteroatoms. The largest absolute Gasteiger partial charge is 0.472 e. The third-order valence-electron chi connectivity index (χ3n) is 16.8. The van der Waals surface area contributed by atoms with Gasteiger partial charge in [0, 0.05) is 25.7 Å². The summed E-state index contributed by atoms with van der Waals surface area (Å²) in [4.78, 5) is 72.3. The molecule has 3 N–H and O–H groups in total. The molecule has 0 heterocycles. The lowest BCUT2D eigenvalue weighted by atomic mass is 10.0. The number of aliphatic hydroxyl groups excluding tert-OH is 1. The van der Waals surface area contributed by atoms with E-state index in [1.807, 2.05) is 0 Å². The van der Waals surface area contributed by atoms with E-state index in [-0.39, 0.29) is 25.7 Å². The van der Waals surface area contributed by atoms with Crippen LogP contribution in [0.5, 0.6) is 0 Å². The zero-order chi connectivity index (χ0) is 67.0. The van der Waals surface area contributed by atoms with Crippen molar-refractivity contribution >= 4 is 39.5 Å². The molecule has 0 spiro atoms. The van der Waals surface area contributed by atoms with Crippen LogP contribution >= 0.6 is 15.6 Å². The fourth-order valence-corrected chi connectivity index (χ4v) is 12.6. The first kappa shape index (κ1) is 89.1. The molecule has 0 aliphatic heterocycles. The number of hydrogen-bond donors (Lipinski definition) is 3. The zero-order valence-electron chi connectivity index (χ0n) is 59.0. The van der Waals surface area contributed by atoms with E-state index in [0.29, 0.717) is 25.7 Å². The van der Waals surface area contributed by atoms with E-state index in [2.05, 4.69) is 34.6 Å². The summed E-state index contributed by atoms with van der Waals surface area (Å²) in [6.45, 7) is 7.23. The molecule has 91 heavy (non-hydrogen) atoms. The van der Waals surface area contributed by atoms with E-state index in [4.69, 9.17) is 37.0 Å². The number of carbonyl (C=O) groups excluding carboxylic acids is 4. The first-order chi connectivity index (χ1) is 44.0. The highest BCUT2D eigenvalue weighted by Crippen LogP contribution is 2.45. The number of phosphoric acid groups is 2. The molecule has 2 unspecified atom stereocenters. The number of carbonyl (C=O) groups is 4. The lowest BCUT2D eigenvalue weighted by molar-refractivity contribution is -0.161. The van der Waals surface area contributed by atoms with Crippen molar-refractivity contribution in [2.45, 2.75) is 393 Å². The standard InChI is InChI=1S/C72H140O17P2/c1-6-9-12-15-18-20-21-22-27-31-34-37-42-46-51-56-70(75)83-62-68(89-72(77)58-53-48-43-38-35-32-29-26-24-23-25-28-30-33-36-40-44-49-54-65(4)5)64-87-91(80,81)85-60-66(73)59-84-90(78,79)86-63-67(61-82-69(74)55-50-45-39-17-14-11-8-3)88-71(76)57-52-47-41-19-16-13-10-7-2/h65-68,73H,6-64H2,1-5H3,(H,78,79)(H,80,81)/t66-,67+,68+/m0/s1. The van der Waals surface area contributed by atoms with Gasteiger partial charge in [0.25, 0.3) is 0 Å². The van der Waals surface area contributed by atoms with Gasteiger partial charge in [-0.2, -0.15) is 0 Å². The number of hydrogen-bond acceptors (Lipinski definition) is 15. The number of rotatable bonds is 72. The molecule has 0 bridgehead atoms. The normalized spacial score (nSPS) is 14.0. The minimum absolute atomic E-state index is 0.105. The molecule has 0 radical (unpaired) electrons. The van der Waals surface area contributed by atoms with Crippen molar-refractivity contribution in [1.29, 1.82) is 0 Å². The molecule has 0 aliphatic rings. The van der Waals surface area contributed by atoms with E-state index in [1.165, 1.54) is 180 Å². The topological polar surface area (TPSA) is 237 Å². The number of esters is 4. The van der Waals surface area contributed by atoms with Crippen LogP contribution in [0.1, 0.15) is 375 Å². The molecular formula is C72H140O17P2. The maximum Gasteiger partial charge on any atom is 0.472 e. The summed E-state index contributed by atoms with van der Waals surface area (Å²) in [6, 6.07) is 0. The molecule has 0 aromatic heterocycles. The fourth-order valence-electron chi connectivity index (χ4n) is 11.0. The summed E-state index contributed by atoms with van der Waals surface area (Å²) in [5.74, 6) is -1.31. The van der Waals surface area contributed by atoms with E-state index in [1.54, 1.807) is 0 Å². The second-order valence-corrected chi connectivity index (χ2v) is 29.4. The Morgan fingerprint density at radius 1 is 0.297 bits per heavy atom. The Bertz CT molecular complexity index is 1750. The quantitative estimate of drug-likeness (QED) is 0.0222. The van der Waals surface area contributed by atoms with Crippen molar-refractivity contribution in [3.05, 3.63) is 0 Å². The minimum atomic E-state index is -4.95. The van der Waals surface area contributed by atoms with Crippen molar-refractivity contribution < 1.29 is 80.2 Å². The third-order valence-corrected chi connectivity index (χ3v) is 18.7. The third kappa shape index (κ3) is 66.5. The summed E-state index contributed by atoms with van der Waals surface area (Å²) >= 11 is 0. The van der Waals surface area contributed by atoms with Gasteiger partial charge in [0.15, 0.2) is 12.2 Å². The SMILES string of the molecule is CCCCCCCCCCCCCCCCCC(=O)OC[C@H](COP(=O)(O)OC[C@@H](O)COP(=O)(O)OC[C@@H](COC(=O)CCCCCCCCC)OC(=O)CCCCCCCCCC)OC(=O)CCCCCCCCCCCCCCCCCCCCC(C)C. The molecule has 0 aliphatic carbocycles. The van der Waals surface area contributed by atoms with Gasteiger partial charge in [-0.3, -0.25) is 37.3 Å². The maximum atomic E-state index is 13.1. The second-order valence-electron chi connectivity index (χ2n) is 26.5. The highest BCUT2D eigenvalue weighted by molar-refractivity contribution is 7.47. The van der Waals surface area contributed by atoms with E-state index < -0.39 is 97.5 Å². The number of ether oxygens (including phenoxy) is 4. The Hall–Kier alpha value is -1.94. The van der Waals surface area contributed by atoms with Crippen LogP contribution < -0.4 is 0 Å². The highest BCUT2D eigenvalue weighted by atomic mass is 31.2. The molecule has 540 valence electrons. The monoisotopic (exact) mass is 1340 g/mol. The van der Waals surface area contributed by atoms with Gasteiger partial charge in [-0.05, 0) is 31.6 Å². The Morgan fingerprint density at radius 3 is 0.747 bits per heavy atom. The predicted octanol–water partition coefficient (Wildman–Crippen LogP) is 20.9. The summed E-state index contributed by atoms with van der Waals surface area (Å²) in [7, 11) is -9.89. The minimum Gasteiger partial charge on any atom is -0.462 e. The van der Waals surface area contributed by atoms with Gasteiger partial charge in [-0.1, -0.05) is 324 Å². The molecule has 0 rings (SSSR count). The van der Waals surface area contributed by atoms with Crippen molar-refractivity contribution in [1.82, 2.24) is 0 Å². The Balaban J connectivity index is 5.13. The molecular weight excluding hydrogens is 1200 g/mol. The van der Waals surface area contributed by atoms with Gasteiger partial charge in [-0.15, -0.1) is 0 Å². The van der Waals surface area contributed by atoms with E-state index in [0.717, 1.165) is 115 Å². The smallest absolute Gasteiger partial charge is 0.462 e.